The van der Waals surface area contributed by atoms with Gasteiger partial charge in [0.1, 0.15) is 0 Å². The lowest BCUT2D eigenvalue weighted by Crippen LogP contribution is -2.21. The Balaban J connectivity index is 3.47. The SMILES string of the molecule is CCC(CCCCCCCCCCCCCCCOCCO)OC(CC)CCCCCCCCCCCCCCCOCCO. The number of unbranched alkanes of at least 4 members (excludes halogenated alkanes) is 24. The normalized spacial score (nSPS) is 13.1. The van der Waals surface area contributed by atoms with Crippen LogP contribution in [0.3, 0.4) is 0 Å². The van der Waals surface area contributed by atoms with Crippen LogP contribution in [-0.4, -0.2) is 62.1 Å². The van der Waals surface area contributed by atoms with Crippen LogP contribution < -0.4 is 0 Å². The molecule has 2 unspecified atom stereocenters. The summed E-state index contributed by atoms with van der Waals surface area (Å²) in [6.07, 6.45) is 41.1. The Bertz CT molecular complexity index is 473. The van der Waals surface area contributed by atoms with Crippen LogP contribution in [0.5, 0.6) is 0 Å². The third kappa shape index (κ3) is 36.5. The van der Waals surface area contributed by atoms with Crippen molar-refractivity contribution in [2.75, 3.05) is 39.6 Å². The van der Waals surface area contributed by atoms with E-state index in [1.54, 1.807) is 0 Å². The minimum atomic E-state index is 0.142. The van der Waals surface area contributed by atoms with Gasteiger partial charge in [0.05, 0.1) is 38.6 Å². The van der Waals surface area contributed by atoms with Crippen LogP contribution in [0.4, 0.5) is 0 Å². The van der Waals surface area contributed by atoms with Crippen molar-refractivity contribution < 1.29 is 24.4 Å². The van der Waals surface area contributed by atoms with Crippen LogP contribution in [0.25, 0.3) is 0 Å². The van der Waals surface area contributed by atoms with E-state index in [9.17, 15) is 0 Å². The topological polar surface area (TPSA) is 68.2 Å². The molecular weight excluding hydrogens is 560 g/mol. The molecule has 0 aromatic heterocycles. The van der Waals surface area contributed by atoms with Crippen LogP contribution in [0.1, 0.15) is 206 Å². The summed E-state index contributed by atoms with van der Waals surface area (Å²) in [5.41, 5.74) is 0. The van der Waals surface area contributed by atoms with Gasteiger partial charge in [-0.2, -0.15) is 0 Å². The van der Waals surface area contributed by atoms with Gasteiger partial charge in [-0.3, -0.25) is 0 Å². The minimum absolute atomic E-state index is 0.142. The number of hydrogen-bond donors (Lipinski definition) is 2. The van der Waals surface area contributed by atoms with E-state index in [1.165, 1.54) is 167 Å². The molecule has 272 valence electrons. The first-order chi connectivity index (χ1) is 22.3. The average Bonchev–Trinajstić information content (AvgIpc) is 3.06. The Morgan fingerprint density at radius 2 is 0.578 bits per heavy atom. The zero-order chi connectivity index (χ0) is 32.7. The van der Waals surface area contributed by atoms with Crippen LogP contribution in [-0.2, 0) is 14.2 Å². The molecule has 0 saturated carbocycles. The fourth-order valence-electron chi connectivity index (χ4n) is 6.38. The summed E-state index contributed by atoms with van der Waals surface area (Å²) in [7, 11) is 0. The Morgan fingerprint density at radius 1 is 0.333 bits per heavy atom. The highest BCUT2D eigenvalue weighted by molar-refractivity contribution is 4.63. The second kappa shape index (κ2) is 40.0. The molecule has 5 heteroatoms. The molecule has 0 aromatic rings. The van der Waals surface area contributed by atoms with Gasteiger partial charge >= 0.3 is 0 Å². The van der Waals surface area contributed by atoms with Gasteiger partial charge < -0.3 is 24.4 Å². The smallest absolute Gasteiger partial charge is 0.0697 e. The summed E-state index contributed by atoms with van der Waals surface area (Å²) in [5.74, 6) is 0. The number of hydrogen-bond acceptors (Lipinski definition) is 5. The highest BCUT2D eigenvalue weighted by Crippen LogP contribution is 2.20. The summed E-state index contributed by atoms with van der Waals surface area (Å²) in [6, 6.07) is 0. The number of ether oxygens (including phenoxy) is 3. The largest absolute Gasteiger partial charge is 0.394 e. The quantitative estimate of drug-likeness (QED) is 0.0651. The molecule has 0 spiro atoms. The molecule has 2 N–H and O–H groups in total. The lowest BCUT2D eigenvalue weighted by Gasteiger charge is -2.23. The molecule has 0 aliphatic heterocycles. The van der Waals surface area contributed by atoms with Gasteiger partial charge in [0.2, 0.25) is 0 Å². The van der Waals surface area contributed by atoms with Crippen molar-refractivity contribution >= 4 is 0 Å². The summed E-state index contributed by atoms with van der Waals surface area (Å²) >= 11 is 0. The van der Waals surface area contributed by atoms with Crippen LogP contribution in [0.2, 0.25) is 0 Å². The first-order valence-corrected chi connectivity index (χ1v) is 20.3. The lowest BCUT2D eigenvalue weighted by atomic mass is 10.0. The first-order valence-electron chi connectivity index (χ1n) is 20.3. The average molecular weight is 643 g/mol. The third-order valence-electron chi connectivity index (χ3n) is 9.40. The maximum absolute atomic E-state index is 8.69. The highest BCUT2D eigenvalue weighted by Gasteiger charge is 2.13. The van der Waals surface area contributed by atoms with E-state index >= 15 is 0 Å². The van der Waals surface area contributed by atoms with Gasteiger partial charge in [-0.15, -0.1) is 0 Å². The monoisotopic (exact) mass is 643 g/mol. The Hall–Kier alpha value is -0.200. The molecule has 5 nitrogen and oxygen atoms in total. The third-order valence-corrected chi connectivity index (χ3v) is 9.40. The predicted molar refractivity (Wildman–Crippen MR) is 194 cm³/mol. The highest BCUT2D eigenvalue weighted by atomic mass is 16.5. The van der Waals surface area contributed by atoms with Crippen LogP contribution in [0.15, 0.2) is 0 Å². The Labute approximate surface area is 282 Å². The Kier molecular flexibility index (Phi) is 39.8. The number of aliphatic hydroxyl groups excluding tert-OH is 2. The Morgan fingerprint density at radius 3 is 0.822 bits per heavy atom. The summed E-state index contributed by atoms with van der Waals surface area (Å²) < 4.78 is 17.2. The molecule has 0 rings (SSSR count). The lowest BCUT2D eigenvalue weighted by molar-refractivity contribution is -0.0257. The predicted octanol–water partition coefficient (Wildman–Crippen LogP) is 11.5. The van der Waals surface area contributed by atoms with Gasteiger partial charge in [-0.1, -0.05) is 168 Å². The molecule has 0 saturated heterocycles. The number of aliphatic hydroxyl groups is 2. The van der Waals surface area contributed by atoms with Gasteiger partial charge in [0.25, 0.3) is 0 Å². The summed E-state index contributed by atoms with van der Waals surface area (Å²) in [4.78, 5) is 0. The maximum atomic E-state index is 8.69. The van der Waals surface area contributed by atoms with Gasteiger partial charge in [-0.05, 0) is 38.5 Å². The minimum Gasteiger partial charge on any atom is -0.394 e. The molecule has 45 heavy (non-hydrogen) atoms. The molecule has 0 heterocycles. The molecule has 2 atom stereocenters. The molecule has 0 aromatic carbocycles. The molecule has 0 amide bonds. The summed E-state index contributed by atoms with van der Waals surface area (Å²) in [6.45, 7) is 7.49. The molecule has 0 aliphatic rings. The van der Waals surface area contributed by atoms with E-state index in [1.807, 2.05) is 0 Å². The van der Waals surface area contributed by atoms with Crippen molar-refractivity contribution in [3.63, 3.8) is 0 Å². The summed E-state index contributed by atoms with van der Waals surface area (Å²) in [5, 5.41) is 17.4. The molecule has 0 radical (unpaired) electrons. The molecule has 0 fully saturated rings. The van der Waals surface area contributed by atoms with Crippen molar-refractivity contribution in [3.05, 3.63) is 0 Å². The van der Waals surface area contributed by atoms with Crippen LogP contribution in [0, 0.1) is 0 Å². The van der Waals surface area contributed by atoms with Crippen LogP contribution >= 0.6 is 0 Å². The van der Waals surface area contributed by atoms with Crippen molar-refractivity contribution in [1.29, 1.82) is 0 Å². The molecular formula is C40H82O5. The first kappa shape index (κ1) is 44.8. The fourth-order valence-corrected chi connectivity index (χ4v) is 6.38. The number of rotatable bonds is 40. The van der Waals surface area contributed by atoms with E-state index in [0.29, 0.717) is 25.4 Å². The molecule has 0 bridgehead atoms. The fraction of sp³-hybridized carbons (Fsp3) is 1.00. The zero-order valence-electron chi connectivity index (χ0n) is 30.7. The zero-order valence-corrected chi connectivity index (χ0v) is 30.7. The van der Waals surface area contributed by atoms with Crippen molar-refractivity contribution in [2.45, 2.75) is 219 Å². The van der Waals surface area contributed by atoms with Crippen molar-refractivity contribution in [2.24, 2.45) is 0 Å². The maximum Gasteiger partial charge on any atom is 0.0697 e. The second-order valence-corrected chi connectivity index (χ2v) is 13.6. The van der Waals surface area contributed by atoms with E-state index < -0.39 is 0 Å². The van der Waals surface area contributed by atoms with Crippen molar-refractivity contribution in [1.82, 2.24) is 0 Å². The van der Waals surface area contributed by atoms with E-state index in [4.69, 9.17) is 24.4 Å². The van der Waals surface area contributed by atoms with Gasteiger partial charge in [-0.25, -0.2) is 0 Å². The van der Waals surface area contributed by atoms with E-state index in [2.05, 4.69) is 13.8 Å². The van der Waals surface area contributed by atoms with E-state index in [-0.39, 0.29) is 13.2 Å². The second-order valence-electron chi connectivity index (χ2n) is 13.6. The van der Waals surface area contributed by atoms with Crippen molar-refractivity contribution in [3.8, 4) is 0 Å². The molecule has 0 aliphatic carbocycles. The van der Waals surface area contributed by atoms with Gasteiger partial charge in [0, 0.05) is 13.2 Å². The standard InChI is InChI=1S/C40H82O5/c1-3-39(31-27-23-19-15-11-7-5-9-13-17-21-25-29-35-43-37-33-41)45-40(4-2)32-28-24-20-16-12-8-6-10-14-18-22-26-30-36-44-38-34-42/h39-42H,3-38H2,1-2H3. The van der Waals surface area contributed by atoms with Gasteiger partial charge in [0.15, 0.2) is 0 Å². The van der Waals surface area contributed by atoms with E-state index in [0.717, 1.165) is 38.9 Å².